The summed E-state index contributed by atoms with van der Waals surface area (Å²) in [6.45, 7) is 0. The van der Waals surface area contributed by atoms with Gasteiger partial charge < -0.3 is 0 Å². The summed E-state index contributed by atoms with van der Waals surface area (Å²) in [5.74, 6) is 1.42. The van der Waals surface area contributed by atoms with Crippen molar-refractivity contribution in [3.05, 3.63) is 406 Å². The number of hydrogen-bond acceptors (Lipinski definition) is 2. The van der Waals surface area contributed by atoms with E-state index in [-0.39, 0.29) is 0 Å². The van der Waals surface area contributed by atoms with Crippen molar-refractivity contribution in [2.75, 3.05) is 0 Å². The molecule has 3 nitrogen and oxygen atoms in total. The normalized spacial score (nSPS) is 11.6. The van der Waals surface area contributed by atoms with Gasteiger partial charge in [-0.05, 0) is 127 Å². The Labute approximate surface area is 580 Å². The topological polar surface area (TPSA) is 30.7 Å². The standard InChI is InChI=1S/C94H67N3Si2/c1-8-31-68(32-9-1)71-37-26-40-74(59-71)76-42-29-53-84(62-76)98(80-45-14-4-15-46-80,81-47-16-5-17-48-81)86-64-79(90-67-93(97-91-57-24-22-55-88(91)89-56-23-25-58-92(89)97)96-94(95-90)78-44-28-39-73(61-78)70-35-12-3-13-36-70)65-87(66-86)99(82-49-18-6-19-50-82,83-51-20-7-21-52-83)85-54-30-43-77(63-85)75-41-27-38-72(60-75)69-33-10-2-11-34-69/h1-67H. The fraction of sp³-hybridized carbons (Fsp3) is 0. The van der Waals surface area contributed by atoms with Gasteiger partial charge in [0.2, 0.25) is 0 Å². The molecule has 15 aromatic carbocycles. The Hall–Kier alpha value is -12.4. The van der Waals surface area contributed by atoms with Gasteiger partial charge in [-0.25, -0.2) is 9.97 Å². The van der Waals surface area contributed by atoms with Gasteiger partial charge in [-0.3, -0.25) is 4.57 Å². The van der Waals surface area contributed by atoms with Gasteiger partial charge in [-0.15, -0.1) is 0 Å². The SMILES string of the molecule is c1ccc(-c2cccc(-c3cccc([Si](c4ccccc4)(c4ccccc4)c4cc(-c5cc(-n6c7ccccc7c7ccccc76)nc(-c6cccc(-c7ccccc7)c6)n5)cc([Si](c5ccccc5)(c5ccccc5)c5cccc(-c6cccc(-c7ccccc7)c6)c5)c4)c3)c2)cc1. The lowest BCUT2D eigenvalue weighted by atomic mass is 9.99. The minimum absolute atomic E-state index is 0.634. The quantitative estimate of drug-likeness (QED) is 0.0713. The minimum Gasteiger partial charge on any atom is -0.294 e. The highest BCUT2D eigenvalue weighted by molar-refractivity contribution is 7.22. The van der Waals surface area contributed by atoms with Crippen LogP contribution in [0, 0.1) is 0 Å². The summed E-state index contributed by atoms with van der Waals surface area (Å²) < 4.78 is 2.35. The Morgan fingerprint density at radius 1 is 0.182 bits per heavy atom. The largest absolute Gasteiger partial charge is 0.294 e. The lowest BCUT2D eigenvalue weighted by Crippen LogP contribution is -2.78. The van der Waals surface area contributed by atoms with Gasteiger partial charge in [-0.1, -0.05) is 370 Å². The second-order valence-corrected chi connectivity index (χ2v) is 33.2. The number of nitrogens with zero attached hydrogens (tertiary/aromatic N) is 3. The molecule has 5 heteroatoms. The van der Waals surface area contributed by atoms with Crippen LogP contribution in [-0.4, -0.2) is 30.7 Å². The third-order valence-corrected chi connectivity index (χ3v) is 29.3. The maximum absolute atomic E-state index is 5.94. The average Bonchev–Trinajstić information content (AvgIpc) is 1.14. The van der Waals surface area contributed by atoms with E-state index in [1.54, 1.807) is 0 Å². The van der Waals surface area contributed by atoms with Crippen LogP contribution in [0.25, 0.3) is 106 Å². The van der Waals surface area contributed by atoms with E-state index >= 15 is 0 Å². The van der Waals surface area contributed by atoms with Crippen LogP contribution in [0.4, 0.5) is 0 Å². The first kappa shape index (κ1) is 60.3. The first-order valence-electron chi connectivity index (χ1n) is 34.0. The second kappa shape index (κ2) is 26.3. The van der Waals surface area contributed by atoms with E-state index in [2.05, 4.69) is 411 Å². The second-order valence-electron chi connectivity index (χ2n) is 25.6. The highest BCUT2D eigenvalue weighted by Crippen LogP contribution is 2.36. The molecular formula is C94H67N3Si2. The zero-order valence-corrected chi connectivity index (χ0v) is 56.5. The number of benzene rings is 15. The maximum atomic E-state index is 5.94. The summed E-state index contributed by atoms with van der Waals surface area (Å²) in [6.07, 6.45) is 0. The van der Waals surface area contributed by atoms with E-state index in [9.17, 15) is 0 Å². The monoisotopic (exact) mass is 1290 g/mol. The molecule has 0 bridgehead atoms. The molecule has 99 heavy (non-hydrogen) atoms. The van der Waals surface area contributed by atoms with Crippen LogP contribution in [-0.2, 0) is 0 Å². The Morgan fingerprint density at radius 2 is 0.455 bits per heavy atom. The first-order valence-corrected chi connectivity index (χ1v) is 38.0. The molecule has 17 aromatic rings. The minimum atomic E-state index is -3.51. The molecule has 2 heterocycles. The molecule has 0 aliphatic heterocycles. The van der Waals surface area contributed by atoms with Crippen molar-refractivity contribution in [1.82, 2.24) is 14.5 Å². The third-order valence-electron chi connectivity index (χ3n) is 19.9. The summed E-state index contributed by atoms with van der Waals surface area (Å²) in [5, 5.41) is 12.4. The van der Waals surface area contributed by atoms with Gasteiger partial charge in [0.05, 0.1) is 16.7 Å². The predicted octanol–water partition coefficient (Wildman–Crippen LogP) is 18.0. The van der Waals surface area contributed by atoms with Gasteiger partial charge in [0.25, 0.3) is 0 Å². The molecule has 0 amide bonds. The van der Waals surface area contributed by atoms with Crippen molar-refractivity contribution in [3.8, 4) is 84.1 Å². The van der Waals surface area contributed by atoms with Crippen molar-refractivity contribution < 1.29 is 0 Å². The van der Waals surface area contributed by atoms with Crippen LogP contribution in [0.15, 0.2) is 406 Å². The Bertz CT molecular complexity index is 5360. The molecule has 17 rings (SSSR count). The molecule has 0 saturated carbocycles. The van der Waals surface area contributed by atoms with Gasteiger partial charge in [0, 0.05) is 28.0 Å². The van der Waals surface area contributed by atoms with Crippen LogP contribution in [0.3, 0.4) is 0 Å². The number of aromatic nitrogens is 3. The maximum Gasteiger partial charge on any atom is 0.179 e. The van der Waals surface area contributed by atoms with Gasteiger partial charge in [-0.2, -0.15) is 0 Å². The molecule has 0 unspecified atom stereocenters. The summed E-state index contributed by atoms with van der Waals surface area (Å²) >= 11 is 0. The number of hydrogen-bond donors (Lipinski definition) is 0. The van der Waals surface area contributed by atoms with E-state index in [1.165, 1.54) is 63.7 Å². The molecule has 0 spiro atoms. The number of fused-ring (bicyclic) bond motifs is 3. The summed E-state index contributed by atoms with van der Waals surface area (Å²) in [6, 6.07) is 151. The van der Waals surface area contributed by atoms with Crippen LogP contribution < -0.4 is 41.5 Å². The highest BCUT2D eigenvalue weighted by Gasteiger charge is 2.46. The van der Waals surface area contributed by atoms with Crippen molar-refractivity contribution in [3.63, 3.8) is 0 Å². The molecule has 0 N–H and O–H groups in total. The molecule has 0 fully saturated rings. The van der Waals surface area contributed by atoms with Crippen molar-refractivity contribution in [2.45, 2.75) is 0 Å². The molecule has 466 valence electrons. The van der Waals surface area contributed by atoms with E-state index in [0.717, 1.165) is 77.8 Å². The molecule has 0 atom stereocenters. The zero-order chi connectivity index (χ0) is 66.0. The van der Waals surface area contributed by atoms with Crippen molar-refractivity contribution in [1.29, 1.82) is 0 Å². The lowest BCUT2D eigenvalue weighted by Gasteiger charge is -2.38. The first-order chi connectivity index (χ1) is 49.1. The van der Waals surface area contributed by atoms with Crippen LogP contribution in [0.2, 0.25) is 0 Å². The van der Waals surface area contributed by atoms with Crippen LogP contribution in [0.5, 0.6) is 0 Å². The van der Waals surface area contributed by atoms with Gasteiger partial charge >= 0.3 is 0 Å². The van der Waals surface area contributed by atoms with E-state index in [0.29, 0.717) is 5.82 Å². The Kier molecular flexibility index (Phi) is 16.0. The van der Waals surface area contributed by atoms with E-state index < -0.39 is 16.1 Å². The summed E-state index contributed by atoms with van der Waals surface area (Å²) in [5.41, 5.74) is 16.5. The lowest BCUT2D eigenvalue weighted by molar-refractivity contribution is 1.05. The average molecular weight is 1290 g/mol. The number of rotatable bonds is 16. The molecule has 0 aliphatic rings. The zero-order valence-electron chi connectivity index (χ0n) is 54.5. The van der Waals surface area contributed by atoms with E-state index in [1.807, 2.05) is 0 Å². The predicted molar refractivity (Wildman–Crippen MR) is 422 cm³/mol. The Morgan fingerprint density at radius 3 is 0.838 bits per heavy atom. The van der Waals surface area contributed by atoms with Gasteiger partial charge in [0.1, 0.15) is 5.82 Å². The van der Waals surface area contributed by atoms with E-state index in [4.69, 9.17) is 9.97 Å². The smallest absolute Gasteiger partial charge is 0.179 e. The number of para-hydroxylation sites is 2. The fourth-order valence-corrected chi connectivity index (χ4v) is 25.1. The highest BCUT2D eigenvalue weighted by atomic mass is 28.3. The summed E-state index contributed by atoms with van der Waals surface area (Å²) in [7, 11) is -7.02. The molecule has 0 aliphatic carbocycles. The Balaban J connectivity index is 1.01. The van der Waals surface area contributed by atoms with Crippen molar-refractivity contribution in [2.24, 2.45) is 0 Å². The van der Waals surface area contributed by atoms with Crippen LogP contribution in [0.1, 0.15) is 0 Å². The summed E-state index contributed by atoms with van der Waals surface area (Å²) in [4.78, 5) is 11.7. The van der Waals surface area contributed by atoms with Gasteiger partial charge in [0.15, 0.2) is 22.0 Å². The molecule has 2 aromatic heterocycles. The third kappa shape index (κ3) is 11.2. The van der Waals surface area contributed by atoms with Crippen LogP contribution >= 0.6 is 0 Å². The van der Waals surface area contributed by atoms with Crippen molar-refractivity contribution >= 4 is 79.4 Å². The fourth-order valence-electron chi connectivity index (χ4n) is 15.3. The molecule has 0 radical (unpaired) electrons. The molecule has 0 saturated heterocycles. The molecular weight excluding hydrogens is 1230 g/mol.